The van der Waals surface area contributed by atoms with Gasteiger partial charge in [-0.05, 0) is 18.6 Å². The second-order valence-electron chi connectivity index (χ2n) is 2.76. The van der Waals surface area contributed by atoms with E-state index in [4.69, 9.17) is 0 Å². The van der Waals surface area contributed by atoms with E-state index in [0.29, 0.717) is 6.54 Å². The van der Waals surface area contributed by atoms with E-state index in [9.17, 15) is 8.42 Å². The lowest BCUT2D eigenvalue weighted by Gasteiger charge is -2.05. The van der Waals surface area contributed by atoms with Crippen molar-refractivity contribution in [3.05, 3.63) is 36.3 Å². The molecule has 80 valence electrons. The van der Waals surface area contributed by atoms with Crippen LogP contribution in [-0.4, -0.2) is 15.0 Å². The van der Waals surface area contributed by atoms with Crippen LogP contribution in [0.25, 0.3) is 0 Å². The Kier molecular flexibility index (Phi) is 6.16. The number of sulfonamides is 1. The van der Waals surface area contributed by atoms with Gasteiger partial charge in [-0.25, -0.2) is 13.1 Å². The van der Waals surface area contributed by atoms with Gasteiger partial charge in [-0.3, -0.25) is 0 Å². The Morgan fingerprint density at radius 3 is 2.50 bits per heavy atom. The largest absolute Gasteiger partial charge is 0.240 e. The van der Waals surface area contributed by atoms with E-state index < -0.39 is 10.0 Å². The second kappa shape index (κ2) is 6.56. The molecule has 4 heteroatoms. The van der Waals surface area contributed by atoms with Crippen LogP contribution in [-0.2, 0) is 10.0 Å². The summed E-state index contributed by atoms with van der Waals surface area (Å²) in [5.74, 6) is 0. The number of allylic oxidation sites excluding steroid dienone is 3. The Balaban J connectivity index is 4.51. The molecule has 0 rings (SSSR count). The number of hydrogen-bond acceptors (Lipinski definition) is 2. The maximum absolute atomic E-state index is 11.5. The molecule has 1 N–H and O–H groups in total. The first-order valence-corrected chi connectivity index (χ1v) is 6.01. The Bertz CT molecular complexity index is 315. The summed E-state index contributed by atoms with van der Waals surface area (Å²) in [6.45, 7) is 9.34. The fourth-order valence-corrected chi connectivity index (χ4v) is 1.92. The average molecular weight is 215 g/mol. The summed E-state index contributed by atoms with van der Waals surface area (Å²) in [7, 11) is -3.39. The summed E-state index contributed by atoms with van der Waals surface area (Å²) in [4.78, 5) is 0.156. The van der Waals surface area contributed by atoms with Crippen molar-refractivity contribution in [2.24, 2.45) is 0 Å². The zero-order valence-corrected chi connectivity index (χ0v) is 9.31. The normalized spacial score (nSPS) is 12.5. The van der Waals surface area contributed by atoms with Crippen molar-refractivity contribution < 1.29 is 8.42 Å². The van der Waals surface area contributed by atoms with Crippen molar-refractivity contribution in [1.29, 1.82) is 0 Å². The Morgan fingerprint density at radius 2 is 2.07 bits per heavy atom. The van der Waals surface area contributed by atoms with Crippen LogP contribution in [0.15, 0.2) is 36.3 Å². The fraction of sp³-hybridized carbons (Fsp3) is 0.400. The van der Waals surface area contributed by atoms with Crippen LogP contribution < -0.4 is 4.72 Å². The molecule has 0 unspecified atom stereocenters. The topological polar surface area (TPSA) is 46.2 Å². The molecule has 0 amide bonds. The molecule has 0 aliphatic rings. The van der Waals surface area contributed by atoms with E-state index >= 15 is 0 Å². The summed E-state index contributed by atoms with van der Waals surface area (Å²) in [6, 6.07) is 0. The molecule has 3 nitrogen and oxygen atoms in total. The monoisotopic (exact) mass is 215 g/mol. The van der Waals surface area contributed by atoms with Crippen molar-refractivity contribution in [3.8, 4) is 0 Å². The van der Waals surface area contributed by atoms with Gasteiger partial charge in [0.2, 0.25) is 10.0 Å². The van der Waals surface area contributed by atoms with E-state index in [0.717, 1.165) is 12.8 Å². The van der Waals surface area contributed by atoms with E-state index in [1.54, 1.807) is 0 Å². The molecule has 0 atom stereocenters. The summed E-state index contributed by atoms with van der Waals surface area (Å²) in [6.07, 6.45) is 5.93. The number of hydrogen-bond donors (Lipinski definition) is 1. The van der Waals surface area contributed by atoms with Crippen molar-refractivity contribution in [3.63, 3.8) is 0 Å². The lowest BCUT2D eigenvalue weighted by atomic mass is 10.3. The minimum atomic E-state index is -3.39. The van der Waals surface area contributed by atoms with Gasteiger partial charge in [0.1, 0.15) is 0 Å². The van der Waals surface area contributed by atoms with Gasteiger partial charge in [0, 0.05) is 6.54 Å². The van der Waals surface area contributed by atoms with Gasteiger partial charge in [0.15, 0.2) is 0 Å². The number of nitrogens with one attached hydrogen (secondary N) is 1. The van der Waals surface area contributed by atoms with Gasteiger partial charge in [-0.2, -0.15) is 0 Å². The molecule has 0 heterocycles. The second-order valence-corrected chi connectivity index (χ2v) is 4.53. The SMILES string of the molecule is C=C/C=C(\C=C)S(=O)(=O)NCCCC. The lowest BCUT2D eigenvalue weighted by Crippen LogP contribution is -2.25. The van der Waals surface area contributed by atoms with Gasteiger partial charge in [0.25, 0.3) is 0 Å². The third kappa shape index (κ3) is 4.39. The zero-order valence-electron chi connectivity index (χ0n) is 8.49. The smallest absolute Gasteiger partial charge is 0.211 e. The highest BCUT2D eigenvalue weighted by Gasteiger charge is 2.12. The predicted octanol–water partition coefficient (Wildman–Crippen LogP) is 1.96. The van der Waals surface area contributed by atoms with Crippen LogP contribution in [0.5, 0.6) is 0 Å². The summed E-state index contributed by atoms with van der Waals surface area (Å²) in [5, 5.41) is 0. The Hall–Kier alpha value is -0.870. The highest BCUT2D eigenvalue weighted by atomic mass is 32.2. The molecule has 0 bridgehead atoms. The van der Waals surface area contributed by atoms with Gasteiger partial charge in [-0.15, -0.1) is 0 Å². The fourth-order valence-electron chi connectivity index (χ4n) is 0.850. The van der Waals surface area contributed by atoms with Crippen molar-refractivity contribution in [2.75, 3.05) is 6.54 Å². The Labute approximate surface area is 86.3 Å². The number of rotatable bonds is 7. The van der Waals surface area contributed by atoms with E-state index in [2.05, 4.69) is 17.9 Å². The maximum atomic E-state index is 11.5. The lowest BCUT2D eigenvalue weighted by molar-refractivity contribution is 0.585. The quantitative estimate of drug-likeness (QED) is 0.521. The molecule has 0 aliphatic heterocycles. The third-order valence-electron chi connectivity index (χ3n) is 1.62. The van der Waals surface area contributed by atoms with Gasteiger partial charge in [0.05, 0.1) is 4.91 Å². The van der Waals surface area contributed by atoms with Gasteiger partial charge >= 0.3 is 0 Å². The number of unbranched alkanes of at least 4 members (excludes halogenated alkanes) is 1. The first kappa shape index (κ1) is 13.1. The molecule has 0 saturated carbocycles. The minimum Gasteiger partial charge on any atom is -0.211 e. The molecule has 0 aliphatic carbocycles. The maximum Gasteiger partial charge on any atom is 0.240 e. The van der Waals surface area contributed by atoms with E-state index in [-0.39, 0.29) is 4.91 Å². The predicted molar refractivity (Wildman–Crippen MR) is 60.3 cm³/mol. The molecule has 0 aromatic carbocycles. The molecule has 0 aromatic heterocycles. The van der Waals surface area contributed by atoms with Crippen LogP contribution in [0.3, 0.4) is 0 Å². The molecule has 0 spiro atoms. The average Bonchev–Trinajstić information content (AvgIpc) is 2.14. The Morgan fingerprint density at radius 1 is 1.43 bits per heavy atom. The molecule has 0 radical (unpaired) electrons. The highest BCUT2D eigenvalue weighted by molar-refractivity contribution is 7.93. The van der Waals surface area contributed by atoms with Gasteiger partial charge < -0.3 is 0 Å². The first-order chi connectivity index (χ1) is 6.58. The summed E-state index contributed by atoms with van der Waals surface area (Å²) >= 11 is 0. The van der Waals surface area contributed by atoms with Crippen LogP contribution >= 0.6 is 0 Å². The molecular formula is C10H17NO2S. The standard InChI is InChI=1S/C10H17NO2S/c1-4-7-9-11-14(12,13)10(6-3)8-5-2/h5-6,8,11H,2-4,7,9H2,1H3/b10-8+. The van der Waals surface area contributed by atoms with E-state index in [1.165, 1.54) is 18.2 Å². The molecule has 14 heavy (non-hydrogen) atoms. The zero-order chi connectivity index (χ0) is 11.0. The van der Waals surface area contributed by atoms with Gasteiger partial charge in [-0.1, -0.05) is 32.6 Å². The third-order valence-corrected chi connectivity index (χ3v) is 3.12. The molecule has 0 fully saturated rings. The van der Waals surface area contributed by atoms with E-state index in [1.807, 2.05) is 6.92 Å². The van der Waals surface area contributed by atoms with Crippen LogP contribution in [0.2, 0.25) is 0 Å². The molecule has 0 saturated heterocycles. The minimum absolute atomic E-state index is 0.156. The van der Waals surface area contributed by atoms with Crippen LogP contribution in [0.1, 0.15) is 19.8 Å². The van der Waals surface area contributed by atoms with Crippen molar-refractivity contribution >= 4 is 10.0 Å². The molecule has 0 aromatic rings. The highest BCUT2D eigenvalue weighted by Crippen LogP contribution is 2.05. The van der Waals surface area contributed by atoms with Crippen LogP contribution in [0.4, 0.5) is 0 Å². The summed E-state index contributed by atoms with van der Waals surface area (Å²) in [5.41, 5.74) is 0. The first-order valence-electron chi connectivity index (χ1n) is 4.53. The van der Waals surface area contributed by atoms with Crippen LogP contribution in [0, 0.1) is 0 Å². The summed E-state index contributed by atoms with van der Waals surface area (Å²) < 4.78 is 25.5. The van der Waals surface area contributed by atoms with Crippen molar-refractivity contribution in [2.45, 2.75) is 19.8 Å². The molecular weight excluding hydrogens is 198 g/mol. The van der Waals surface area contributed by atoms with Crippen molar-refractivity contribution in [1.82, 2.24) is 4.72 Å².